The first kappa shape index (κ1) is 23.5. The van der Waals surface area contributed by atoms with Gasteiger partial charge in [0.1, 0.15) is 0 Å². The van der Waals surface area contributed by atoms with Gasteiger partial charge in [-0.25, -0.2) is 21.6 Å². The molecule has 2 N–H and O–H groups in total. The van der Waals surface area contributed by atoms with Crippen LogP contribution in [0.2, 0.25) is 0 Å². The topological polar surface area (TPSA) is 119 Å². The molecular formula is C22H22N2O6S2. The van der Waals surface area contributed by atoms with Gasteiger partial charge >= 0.3 is 5.97 Å². The third-order valence-electron chi connectivity index (χ3n) is 4.50. The Kier molecular flexibility index (Phi) is 6.97. The second-order valence-electron chi connectivity index (χ2n) is 6.82. The van der Waals surface area contributed by atoms with Crippen LogP contribution in [0.3, 0.4) is 0 Å². The maximum atomic E-state index is 12.7. The highest BCUT2D eigenvalue weighted by molar-refractivity contribution is 7.91. The number of esters is 1. The summed E-state index contributed by atoms with van der Waals surface area (Å²) < 4.78 is 55.2. The maximum absolute atomic E-state index is 12.7. The van der Waals surface area contributed by atoms with E-state index in [2.05, 4.69) is 10.3 Å². The summed E-state index contributed by atoms with van der Waals surface area (Å²) in [5, 5.41) is 0. The Morgan fingerprint density at radius 1 is 0.781 bits per heavy atom. The van der Waals surface area contributed by atoms with E-state index in [0.29, 0.717) is 5.69 Å². The van der Waals surface area contributed by atoms with Crippen LogP contribution < -0.4 is 10.3 Å². The number of benzene rings is 3. The molecule has 3 aromatic carbocycles. The van der Waals surface area contributed by atoms with Gasteiger partial charge in [-0.2, -0.15) is 0 Å². The molecule has 0 bridgehead atoms. The van der Waals surface area contributed by atoms with Crippen LogP contribution in [0, 0.1) is 6.92 Å². The Bertz CT molecular complexity index is 1300. The van der Waals surface area contributed by atoms with Crippen LogP contribution >= 0.6 is 0 Å². The lowest BCUT2D eigenvalue weighted by Gasteiger charge is -2.11. The van der Waals surface area contributed by atoms with Crippen LogP contribution in [-0.4, -0.2) is 29.4 Å². The number of sulfonamides is 1. The number of hydrogen-bond acceptors (Lipinski definition) is 7. The zero-order chi connectivity index (χ0) is 23.4. The molecule has 0 amide bonds. The summed E-state index contributed by atoms with van der Waals surface area (Å²) in [5.74, 6) is -0.539. The lowest BCUT2D eigenvalue weighted by atomic mass is 10.2. The van der Waals surface area contributed by atoms with E-state index in [1.807, 2.05) is 6.92 Å². The van der Waals surface area contributed by atoms with E-state index in [9.17, 15) is 21.6 Å². The van der Waals surface area contributed by atoms with Crippen LogP contribution in [0.1, 0.15) is 22.8 Å². The van der Waals surface area contributed by atoms with Crippen molar-refractivity contribution in [3.63, 3.8) is 0 Å². The lowest BCUT2D eigenvalue weighted by Crippen LogP contribution is -2.29. The Morgan fingerprint density at radius 3 is 1.81 bits per heavy atom. The van der Waals surface area contributed by atoms with Crippen molar-refractivity contribution in [2.24, 2.45) is 0 Å². The fraction of sp³-hybridized carbons (Fsp3) is 0.136. The highest BCUT2D eigenvalue weighted by Crippen LogP contribution is 2.22. The second-order valence-corrected chi connectivity index (χ2v) is 10.4. The van der Waals surface area contributed by atoms with Crippen LogP contribution in [-0.2, 0) is 24.6 Å². The Hall–Kier alpha value is -3.21. The maximum Gasteiger partial charge on any atom is 0.338 e. The zero-order valence-corrected chi connectivity index (χ0v) is 19.0. The molecule has 0 aliphatic rings. The molecule has 3 rings (SSSR count). The van der Waals surface area contributed by atoms with E-state index in [0.717, 1.165) is 5.56 Å². The first-order valence-electron chi connectivity index (χ1n) is 9.60. The molecule has 32 heavy (non-hydrogen) atoms. The number of rotatable bonds is 8. The van der Waals surface area contributed by atoms with E-state index in [1.54, 1.807) is 19.1 Å². The highest BCUT2D eigenvalue weighted by atomic mass is 32.2. The predicted molar refractivity (Wildman–Crippen MR) is 119 cm³/mol. The third-order valence-corrected chi connectivity index (χ3v) is 7.55. The molecule has 3 aromatic rings. The molecule has 0 aliphatic carbocycles. The average molecular weight is 475 g/mol. The standard InChI is InChI=1S/C22H22N2O6S2/c1-3-30-22(25)17-6-12-21(13-7-17)32(28,29)24-23-18-8-14-20(15-9-18)31(26,27)19-10-4-16(2)5-11-19/h4-15,23-24H,3H2,1-2H3. The Morgan fingerprint density at radius 2 is 1.28 bits per heavy atom. The van der Waals surface area contributed by atoms with Gasteiger partial charge in [-0.15, -0.1) is 4.83 Å². The van der Waals surface area contributed by atoms with Crippen LogP contribution in [0.4, 0.5) is 5.69 Å². The molecular weight excluding hydrogens is 452 g/mol. The van der Waals surface area contributed by atoms with Crippen molar-refractivity contribution < 1.29 is 26.4 Å². The lowest BCUT2D eigenvalue weighted by molar-refractivity contribution is 0.0526. The summed E-state index contributed by atoms with van der Waals surface area (Å²) in [4.78, 5) is 14.1. The van der Waals surface area contributed by atoms with Gasteiger partial charge in [0.25, 0.3) is 10.0 Å². The smallest absolute Gasteiger partial charge is 0.338 e. The van der Waals surface area contributed by atoms with E-state index in [4.69, 9.17) is 4.74 Å². The number of aryl methyl sites for hydroxylation is 1. The molecule has 10 heteroatoms. The summed E-state index contributed by atoms with van der Waals surface area (Å²) in [6.45, 7) is 3.76. The van der Waals surface area contributed by atoms with Gasteiger partial charge in [-0.3, -0.25) is 0 Å². The average Bonchev–Trinajstić information content (AvgIpc) is 2.78. The van der Waals surface area contributed by atoms with Crippen molar-refractivity contribution in [2.75, 3.05) is 12.0 Å². The van der Waals surface area contributed by atoms with Crippen molar-refractivity contribution in [1.29, 1.82) is 0 Å². The largest absolute Gasteiger partial charge is 0.462 e. The van der Waals surface area contributed by atoms with Gasteiger partial charge in [0.05, 0.1) is 26.9 Å². The van der Waals surface area contributed by atoms with Crippen molar-refractivity contribution in [2.45, 2.75) is 28.5 Å². The Labute approximate surface area is 187 Å². The van der Waals surface area contributed by atoms with E-state index in [-0.39, 0.29) is 26.9 Å². The molecule has 168 valence electrons. The van der Waals surface area contributed by atoms with Crippen molar-refractivity contribution in [1.82, 2.24) is 4.83 Å². The SMILES string of the molecule is CCOC(=O)c1ccc(S(=O)(=O)NNc2ccc(S(=O)(=O)c3ccc(C)cc3)cc2)cc1. The molecule has 0 saturated heterocycles. The summed E-state index contributed by atoms with van der Waals surface area (Å²) in [7, 11) is -7.61. The quantitative estimate of drug-likeness (QED) is 0.380. The summed E-state index contributed by atoms with van der Waals surface area (Å²) in [6.07, 6.45) is 0. The van der Waals surface area contributed by atoms with E-state index >= 15 is 0 Å². The molecule has 0 saturated carbocycles. The number of ether oxygens (including phenoxy) is 1. The first-order valence-corrected chi connectivity index (χ1v) is 12.6. The van der Waals surface area contributed by atoms with Crippen molar-refractivity contribution in [3.8, 4) is 0 Å². The number of hydrogen-bond donors (Lipinski definition) is 2. The van der Waals surface area contributed by atoms with Gasteiger partial charge in [0, 0.05) is 5.69 Å². The molecule has 0 atom stereocenters. The number of anilines is 1. The number of carbonyl (C=O) groups excluding carboxylic acids is 1. The minimum atomic E-state index is -3.93. The molecule has 0 heterocycles. The summed E-state index contributed by atoms with van der Waals surface area (Å²) >= 11 is 0. The molecule has 8 nitrogen and oxygen atoms in total. The van der Waals surface area contributed by atoms with Gasteiger partial charge < -0.3 is 10.2 Å². The van der Waals surface area contributed by atoms with Gasteiger partial charge in [0.15, 0.2) is 0 Å². The first-order chi connectivity index (χ1) is 15.1. The van der Waals surface area contributed by atoms with Crippen molar-refractivity contribution >= 4 is 31.5 Å². The normalized spacial score (nSPS) is 11.7. The Balaban J connectivity index is 1.69. The molecule has 0 aromatic heterocycles. The van der Waals surface area contributed by atoms with Crippen molar-refractivity contribution in [3.05, 3.63) is 83.9 Å². The summed E-state index contributed by atoms with van der Waals surface area (Å²) in [5.41, 5.74) is 4.08. The highest BCUT2D eigenvalue weighted by Gasteiger charge is 2.18. The van der Waals surface area contributed by atoms with Gasteiger partial charge in [0.2, 0.25) is 9.84 Å². The number of carbonyl (C=O) groups is 1. The molecule has 0 fully saturated rings. The number of nitrogens with one attached hydrogen (secondary N) is 2. The van der Waals surface area contributed by atoms with Crippen LogP contribution in [0.5, 0.6) is 0 Å². The third kappa shape index (κ3) is 5.34. The fourth-order valence-electron chi connectivity index (χ4n) is 2.74. The molecule has 0 unspecified atom stereocenters. The monoisotopic (exact) mass is 474 g/mol. The minimum Gasteiger partial charge on any atom is -0.462 e. The zero-order valence-electron chi connectivity index (χ0n) is 17.4. The molecule has 0 aliphatic heterocycles. The summed E-state index contributed by atoms with van der Waals surface area (Å²) in [6, 6.07) is 17.5. The number of hydrazine groups is 1. The molecule has 0 spiro atoms. The van der Waals surface area contributed by atoms with Crippen LogP contribution in [0.15, 0.2) is 87.5 Å². The van der Waals surface area contributed by atoms with Gasteiger partial charge in [-0.05, 0) is 74.5 Å². The molecule has 0 radical (unpaired) electrons. The minimum absolute atomic E-state index is 0.0587. The van der Waals surface area contributed by atoms with Crippen LogP contribution in [0.25, 0.3) is 0 Å². The predicted octanol–water partition coefficient (Wildman–Crippen LogP) is 3.31. The fourth-order valence-corrected chi connectivity index (χ4v) is 4.87. The van der Waals surface area contributed by atoms with Gasteiger partial charge in [-0.1, -0.05) is 17.7 Å². The second kappa shape index (κ2) is 9.51. The van der Waals surface area contributed by atoms with E-state index < -0.39 is 25.8 Å². The van der Waals surface area contributed by atoms with E-state index in [1.165, 1.54) is 60.7 Å². The number of sulfone groups is 1.